The van der Waals surface area contributed by atoms with Crippen molar-refractivity contribution in [2.45, 2.75) is 33.2 Å². The number of rotatable bonds is 7. The smallest absolute Gasteiger partial charge is 0.0503 e. The molecule has 1 aliphatic rings. The molecule has 0 aliphatic carbocycles. The molecule has 16 heavy (non-hydrogen) atoms. The highest BCUT2D eigenvalue weighted by Gasteiger charge is 2.25. The zero-order valence-corrected chi connectivity index (χ0v) is 11.3. The summed E-state index contributed by atoms with van der Waals surface area (Å²) >= 11 is 0. The first-order chi connectivity index (χ1) is 7.67. The van der Waals surface area contributed by atoms with Gasteiger partial charge in [0.1, 0.15) is 0 Å². The maximum atomic E-state index is 5.23. The average molecular weight is 228 g/mol. The summed E-state index contributed by atoms with van der Waals surface area (Å²) in [5.41, 5.74) is 0. The van der Waals surface area contributed by atoms with Crippen LogP contribution in [0.25, 0.3) is 0 Å². The Labute approximate surface area is 101 Å². The number of likely N-dealkylation sites (N-methyl/N-ethyl adjacent to an activating group) is 1. The molecule has 2 unspecified atom stereocenters. The van der Waals surface area contributed by atoms with E-state index >= 15 is 0 Å². The van der Waals surface area contributed by atoms with Crippen molar-refractivity contribution in [2.75, 3.05) is 39.9 Å². The van der Waals surface area contributed by atoms with Crippen LogP contribution in [-0.4, -0.2) is 50.8 Å². The van der Waals surface area contributed by atoms with Crippen molar-refractivity contribution in [2.24, 2.45) is 11.8 Å². The second kappa shape index (κ2) is 7.25. The van der Waals surface area contributed by atoms with Crippen molar-refractivity contribution >= 4 is 0 Å². The lowest BCUT2D eigenvalue weighted by molar-refractivity contribution is 0.150. The fourth-order valence-corrected chi connectivity index (χ4v) is 2.50. The number of methoxy groups -OCH3 is 1. The van der Waals surface area contributed by atoms with Gasteiger partial charge in [-0.1, -0.05) is 20.8 Å². The van der Waals surface area contributed by atoms with Crippen LogP contribution >= 0.6 is 0 Å². The van der Waals surface area contributed by atoms with Crippen LogP contribution in [-0.2, 0) is 4.74 Å². The van der Waals surface area contributed by atoms with Crippen LogP contribution in [0.2, 0.25) is 0 Å². The van der Waals surface area contributed by atoms with E-state index in [2.05, 4.69) is 31.0 Å². The molecule has 1 saturated heterocycles. The summed E-state index contributed by atoms with van der Waals surface area (Å²) in [6.07, 6.45) is 1.30. The fourth-order valence-electron chi connectivity index (χ4n) is 2.50. The van der Waals surface area contributed by atoms with Gasteiger partial charge < -0.3 is 15.0 Å². The topological polar surface area (TPSA) is 24.5 Å². The third-order valence-corrected chi connectivity index (χ3v) is 3.50. The molecule has 0 bridgehead atoms. The largest absolute Gasteiger partial charge is 0.384 e. The Morgan fingerprint density at radius 3 is 2.75 bits per heavy atom. The van der Waals surface area contributed by atoms with Crippen molar-refractivity contribution in [3.63, 3.8) is 0 Å². The Morgan fingerprint density at radius 1 is 1.44 bits per heavy atom. The Balaban J connectivity index is 2.30. The third-order valence-electron chi connectivity index (χ3n) is 3.50. The van der Waals surface area contributed by atoms with Crippen LogP contribution in [0.1, 0.15) is 27.2 Å². The number of nitrogens with one attached hydrogen (secondary N) is 1. The van der Waals surface area contributed by atoms with Crippen molar-refractivity contribution in [3.05, 3.63) is 0 Å². The van der Waals surface area contributed by atoms with Crippen LogP contribution in [0.4, 0.5) is 0 Å². The molecule has 0 aromatic heterocycles. The van der Waals surface area contributed by atoms with Gasteiger partial charge in [0.15, 0.2) is 0 Å². The lowest BCUT2D eigenvalue weighted by atomic mass is 10.0. The molecule has 3 nitrogen and oxygen atoms in total. The monoisotopic (exact) mass is 228 g/mol. The molecule has 1 N–H and O–H groups in total. The van der Waals surface area contributed by atoms with Gasteiger partial charge in [-0.15, -0.1) is 0 Å². The molecule has 3 heteroatoms. The van der Waals surface area contributed by atoms with Gasteiger partial charge in [-0.3, -0.25) is 0 Å². The summed E-state index contributed by atoms with van der Waals surface area (Å²) in [6, 6.07) is 0.631. The summed E-state index contributed by atoms with van der Waals surface area (Å²) in [5, 5.41) is 3.58. The summed E-state index contributed by atoms with van der Waals surface area (Å²) in [5.74, 6) is 1.46. The molecule has 0 amide bonds. The van der Waals surface area contributed by atoms with Crippen LogP contribution in [0.15, 0.2) is 0 Å². The van der Waals surface area contributed by atoms with E-state index in [1.54, 1.807) is 7.11 Å². The molecule has 1 rings (SSSR count). The van der Waals surface area contributed by atoms with Gasteiger partial charge in [-0.05, 0) is 31.3 Å². The van der Waals surface area contributed by atoms with Crippen molar-refractivity contribution < 1.29 is 4.74 Å². The number of hydrogen-bond acceptors (Lipinski definition) is 3. The maximum absolute atomic E-state index is 5.23. The lowest BCUT2D eigenvalue weighted by Gasteiger charge is -2.27. The van der Waals surface area contributed by atoms with Gasteiger partial charge >= 0.3 is 0 Å². The SMILES string of the molecule is CCNC(CN1CCC(COC)C1)C(C)C. The van der Waals surface area contributed by atoms with Crippen LogP contribution in [0, 0.1) is 11.8 Å². The Kier molecular flexibility index (Phi) is 6.32. The highest BCUT2D eigenvalue weighted by molar-refractivity contribution is 4.81. The number of nitrogens with zero attached hydrogens (tertiary/aromatic N) is 1. The molecule has 1 fully saturated rings. The van der Waals surface area contributed by atoms with Gasteiger partial charge in [-0.25, -0.2) is 0 Å². The van der Waals surface area contributed by atoms with Gasteiger partial charge in [-0.2, -0.15) is 0 Å². The van der Waals surface area contributed by atoms with Crippen LogP contribution in [0.3, 0.4) is 0 Å². The molecule has 96 valence electrons. The molecule has 0 radical (unpaired) electrons. The zero-order valence-electron chi connectivity index (χ0n) is 11.3. The second-order valence-corrected chi connectivity index (χ2v) is 5.28. The predicted octanol–water partition coefficient (Wildman–Crippen LogP) is 1.59. The maximum Gasteiger partial charge on any atom is 0.0503 e. The zero-order chi connectivity index (χ0) is 12.0. The summed E-state index contributed by atoms with van der Waals surface area (Å²) in [6.45, 7) is 12.4. The molecule has 0 spiro atoms. The summed E-state index contributed by atoms with van der Waals surface area (Å²) < 4.78 is 5.23. The summed E-state index contributed by atoms with van der Waals surface area (Å²) in [7, 11) is 1.80. The van der Waals surface area contributed by atoms with E-state index in [4.69, 9.17) is 4.74 Å². The molecule has 2 atom stereocenters. The second-order valence-electron chi connectivity index (χ2n) is 5.28. The molecular formula is C13H28N2O. The Hall–Kier alpha value is -0.120. The fraction of sp³-hybridized carbons (Fsp3) is 1.00. The predicted molar refractivity (Wildman–Crippen MR) is 68.7 cm³/mol. The standard InChI is InChI=1S/C13H28N2O/c1-5-14-13(11(2)3)9-15-7-6-12(8-15)10-16-4/h11-14H,5-10H2,1-4H3. The van der Waals surface area contributed by atoms with Crippen molar-refractivity contribution in [3.8, 4) is 0 Å². The van der Waals surface area contributed by atoms with E-state index in [1.165, 1.54) is 26.1 Å². The van der Waals surface area contributed by atoms with E-state index < -0.39 is 0 Å². The molecule has 0 aromatic rings. The normalized spacial score (nSPS) is 24.2. The van der Waals surface area contributed by atoms with Gasteiger partial charge in [0.2, 0.25) is 0 Å². The van der Waals surface area contributed by atoms with Crippen LogP contribution < -0.4 is 5.32 Å². The molecule has 0 saturated carbocycles. The number of ether oxygens (including phenoxy) is 1. The van der Waals surface area contributed by atoms with E-state index in [9.17, 15) is 0 Å². The first-order valence-corrected chi connectivity index (χ1v) is 6.62. The van der Waals surface area contributed by atoms with E-state index in [0.29, 0.717) is 12.0 Å². The average Bonchev–Trinajstić information content (AvgIpc) is 2.65. The van der Waals surface area contributed by atoms with E-state index in [1.807, 2.05) is 0 Å². The van der Waals surface area contributed by atoms with Crippen LogP contribution in [0.5, 0.6) is 0 Å². The first kappa shape index (κ1) is 13.9. The molecule has 0 aromatic carbocycles. The van der Waals surface area contributed by atoms with E-state index in [-0.39, 0.29) is 0 Å². The quantitative estimate of drug-likeness (QED) is 0.716. The molecular weight excluding hydrogens is 200 g/mol. The highest BCUT2D eigenvalue weighted by atomic mass is 16.5. The van der Waals surface area contributed by atoms with Crippen molar-refractivity contribution in [1.82, 2.24) is 10.2 Å². The lowest BCUT2D eigenvalue weighted by Crippen LogP contribution is -2.43. The van der Waals surface area contributed by atoms with Crippen molar-refractivity contribution in [1.29, 1.82) is 0 Å². The third kappa shape index (κ3) is 4.40. The van der Waals surface area contributed by atoms with E-state index in [0.717, 1.165) is 19.1 Å². The minimum Gasteiger partial charge on any atom is -0.384 e. The summed E-state index contributed by atoms with van der Waals surface area (Å²) in [4.78, 5) is 2.58. The molecule has 1 aliphatic heterocycles. The first-order valence-electron chi connectivity index (χ1n) is 6.62. The van der Waals surface area contributed by atoms with Gasteiger partial charge in [0.25, 0.3) is 0 Å². The number of hydrogen-bond donors (Lipinski definition) is 1. The van der Waals surface area contributed by atoms with Gasteiger partial charge in [0.05, 0.1) is 6.61 Å². The van der Waals surface area contributed by atoms with Gasteiger partial charge in [0, 0.05) is 26.2 Å². The molecule has 1 heterocycles. The minimum atomic E-state index is 0.631. The highest BCUT2D eigenvalue weighted by Crippen LogP contribution is 2.17. The Bertz CT molecular complexity index is 185. The Morgan fingerprint density at radius 2 is 2.19 bits per heavy atom. The number of likely N-dealkylation sites (tertiary alicyclic amines) is 1. The minimum absolute atomic E-state index is 0.631.